The van der Waals surface area contributed by atoms with Crippen molar-refractivity contribution in [3.8, 4) is 0 Å². The number of nitrogens with zero attached hydrogens (tertiary/aromatic N) is 1. The molecule has 1 aliphatic rings. The zero-order valence-electron chi connectivity index (χ0n) is 14.2. The summed E-state index contributed by atoms with van der Waals surface area (Å²) in [5, 5.41) is 2.86. The molecule has 0 radical (unpaired) electrons. The lowest BCUT2D eigenvalue weighted by atomic mass is 10.1. The molecular formula is C18H17ClN2O4S. The molecule has 8 heteroatoms. The van der Waals surface area contributed by atoms with Crippen LogP contribution in [0.3, 0.4) is 0 Å². The minimum atomic E-state index is -3.76. The summed E-state index contributed by atoms with van der Waals surface area (Å²) in [5.74, 6) is -1.24. The topological polar surface area (TPSA) is 83.6 Å². The quantitative estimate of drug-likeness (QED) is 0.868. The zero-order chi connectivity index (χ0) is 19.1. The molecule has 2 amide bonds. The number of carbonyl (C=O) groups is 2. The highest BCUT2D eigenvalue weighted by Gasteiger charge is 2.37. The second kappa shape index (κ2) is 6.74. The number of amides is 2. The van der Waals surface area contributed by atoms with Crippen LogP contribution in [-0.4, -0.2) is 26.0 Å². The number of carbonyl (C=O) groups excluding carboxylic acids is 2. The van der Waals surface area contributed by atoms with Crippen LogP contribution in [0.25, 0.3) is 0 Å². The maximum Gasteiger partial charge on any atom is 0.255 e. The number of nitrogens with one attached hydrogen (secondary N) is 1. The summed E-state index contributed by atoms with van der Waals surface area (Å²) in [6, 6.07) is 9.86. The Morgan fingerprint density at radius 2 is 1.77 bits per heavy atom. The number of aryl methyl sites for hydroxylation is 2. The first-order chi connectivity index (χ1) is 12.2. The molecule has 0 spiro atoms. The molecule has 136 valence electrons. The predicted octanol–water partition coefficient (Wildman–Crippen LogP) is 3.28. The van der Waals surface area contributed by atoms with Gasteiger partial charge in [-0.15, -0.1) is 0 Å². The fraction of sp³-hybridized carbons (Fsp3) is 0.222. The van der Waals surface area contributed by atoms with Crippen molar-refractivity contribution in [3.63, 3.8) is 0 Å². The van der Waals surface area contributed by atoms with Crippen LogP contribution in [0.2, 0.25) is 5.02 Å². The van der Waals surface area contributed by atoms with Gasteiger partial charge in [0, 0.05) is 17.7 Å². The third-order valence-electron chi connectivity index (χ3n) is 3.99. The second-order valence-electron chi connectivity index (χ2n) is 6.22. The number of hydrogen-bond acceptors (Lipinski definition) is 4. The molecule has 1 heterocycles. The van der Waals surface area contributed by atoms with Crippen LogP contribution < -0.4 is 9.62 Å². The van der Waals surface area contributed by atoms with Crippen molar-refractivity contribution < 1.29 is 18.0 Å². The summed E-state index contributed by atoms with van der Waals surface area (Å²) in [4.78, 5) is 24.5. The highest BCUT2D eigenvalue weighted by molar-refractivity contribution is 7.94. The molecule has 1 N–H and O–H groups in total. The number of rotatable bonds is 3. The Kier molecular flexibility index (Phi) is 4.77. The van der Waals surface area contributed by atoms with Crippen molar-refractivity contribution in [2.75, 3.05) is 15.4 Å². The molecule has 1 saturated heterocycles. The third kappa shape index (κ3) is 3.59. The molecule has 6 nitrogen and oxygen atoms in total. The lowest BCUT2D eigenvalue weighted by Crippen LogP contribution is -2.29. The molecule has 26 heavy (non-hydrogen) atoms. The highest BCUT2D eigenvalue weighted by Crippen LogP contribution is 2.33. The van der Waals surface area contributed by atoms with Gasteiger partial charge in [-0.1, -0.05) is 17.7 Å². The summed E-state index contributed by atoms with van der Waals surface area (Å²) < 4.78 is 24.9. The highest BCUT2D eigenvalue weighted by atomic mass is 35.5. The van der Waals surface area contributed by atoms with Gasteiger partial charge in [-0.25, -0.2) is 12.7 Å². The summed E-state index contributed by atoms with van der Waals surface area (Å²) in [6.07, 6.45) is -0.0995. The maximum atomic E-state index is 12.6. The van der Waals surface area contributed by atoms with Crippen LogP contribution in [-0.2, 0) is 14.8 Å². The van der Waals surface area contributed by atoms with E-state index in [1.54, 1.807) is 0 Å². The molecule has 0 atom stereocenters. The van der Waals surface area contributed by atoms with Crippen molar-refractivity contribution >= 4 is 44.8 Å². The number of sulfonamides is 1. The lowest BCUT2D eigenvalue weighted by Gasteiger charge is -2.17. The van der Waals surface area contributed by atoms with E-state index in [2.05, 4.69) is 5.32 Å². The SMILES string of the molecule is Cc1cc(C)cc(NC(=O)c2ccc(Cl)c(N3C(=O)CCS3(=O)=O)c2)c1. The van der Waals surface area contributed by atoms with Gasteiger partial charge in [-0.3, -0.25) is 9.59 Å². The Morgan fingerprint density at radius 1 is 1.12 bits per heavy atom. The molecule has 0 aliphatic carbocycles. The van der Waals surface area contributed by atoms with Crippen LogP contribution in [0.4, 0.5) is 11.4 Å². The average molecular weight is 393 g/mol. The number of hydrogen-bond donors (Lipinski definition) is 1. The van der Waals surface area contributed by atoms with Gasteiger partial charge >= 0.3 is 0 Å². The largest absolute Gasteiger partial charge is 0.322 e. The molecular weight excluding hydrogens is 376 g/mol. The van der Waals surface area contributed by atoms with Gasteiger partial charge in [0.2, 0.25) is 15.9 Å². The van der Waals surface area contributed by atoms with Gasteiger partial charge in [-0.05, 0) is 55.3 Å². The van der Waals surface area contributed by atoms with E-state index >= 15 is 0 Å². The predicted molar refractivity (Wildman–Crippen MR) is 101 cm³/mol. The van der Waals surface area contributed by atoms with E-state index in [9.17, 15) is 18.0 Å². The first kappa shape index (κ1) is 18.4. The van der Waals surface area contributed by atoms with E-state index in [-0.39, 0.29) is 28.4 Å². The van der Waals surface area contributed by atoms with Gasteiger partial charge in [0.05, 0.1) is 16.5 Å². The fourth-order valence-corrected chi connectivity index (χ4v) is 4.63. The normalized spacial score (nSPS) is 16.0. The summed E-state index contributed by atoms with van der Waals surface area (Å²) in [6.45, 7) is 3.85. The van der Waals surface area contributed by atoms with Gasteiger partial charge in [0.25, 0.3) is 5.91 Å². The van der Waals surface area contributed by atoms with E-state index in [4.69, 9.17) is 11.6 Å². The summed E-state index contributed by atoms with van der Waals surface area (Å²) >= 11 is 6.09. The molecule has 1 aliphatic heterocycles. The summed E-state index contributed by atoms with van der Waals surface area (Å²) in [7, 11) is -3.76. The molecule has 0 unspecified atom stereocenters. The Balaban J connectivity index is 1.94. The van der Waals surface area contributed by atoms with E-state index in [0.717, 1.165) is 11.1 Å². The molecule has 2 aromatic carbocycles. The summed E-state index contributed by atoms with van der Waals surface area (Å²) in [5.41, 5.74) is 2.85. The van der Waals surface area contributed by atoms with Gasteiger partial charge in [-0.2, -0.15) is 0 Å². The van der Waals surface area contributed by atoms with Crippen molar-refractivity contribution in [3.05, 3.63) is 58.1 Å². The fourth-order valence-electron chi connectivity index (χ4n) is 2.91. The van der Waals surface area contributed by atoms with Crippen molar-refractivity contribution in [1.29, 1.82) is 0 Å². The molecule has 2 aromatic rings. The number of halogens is 1. The second-order valence-corrected chi connectivity index (χ2v) is 8.57. The Bertz CT molecular complexity index is 998. The molecule has 0 aromatic heterocycles. The van der Waals surface area contributed by atoms with Gasteiger partial charge in [0.1, 0.15) is 0 Å². The van der Waals surface area contributed by atoms with Gasteiger partial charge < -0.3 is 5.32 Å². The van der Waals surface area contributed by atoms with Crippen LogP contribution in [0, 0.1) is 13.8 Å². The minimum absolute atomic E-state index is 0.00207. The standard InChI is InChI=1S/C18H17ClN2O4S/c1-11-7-12(2)9-14(8-11)20-18(23)13-3-4-15(19)16(10-13)21-17(22)5-6-26(21,24)25/h3-4,7-10H,5-6H2,1-2H3,(H,20,23). The first-order valence-electron chi connectivity index (χ1n) is 7.92. The maximum absolute atomic E-state index is 12.6. The van der Waals surface area contributed by atoms with Crippen LogP contribution in [0.15, 0.2) is 36.4 Å². The zero-order valence-corrected chi connectivity index (χ0v) is 15.8. The Labute approximate surface area is 156 Å². The van der Waals surface area contributed by atoms with Crippen LogP contribution in [0.1, 0.15) is 27.9 Å². The first-order valence-corrected chi connectivity index (χ1v) is 9.91. The number of anilines is 2. The molecule has 1 fully saturated rings. The monoisotopic (exact) mass is 392 g/mol. The Morgan fingerprint density at radius 3 is 2.35 bits per heavy atom. The minimum Gasteiger partial charge on any atom is -0.322 e. The van der Waals surface area contributed by atoms with Crippen molar-refractivity contribution in [2.24, 2.45) is 0 Å². The smallest absolute Gasteiger partial charge is 0.255 e. The van der Waals surface area contributed by atoms with Crippen molar-refractivity contribution in [1.82, 2.24) is 0 Å². The third-order valence-corrected chi connectivity index (χ3v) is 5.98. The number of benzene rings is 2. The Hall–Kier alpha value is -2.38. The molecule has 3 rings (SSSR count). The van der Waals surface area contributed by atoms with Crippen LogP contribution >= 0.6 is 11.6 Å². The van der Waals surface area contributed by atoms with E-state index < -0.39 is 21.8 Å². The van der Waals surface area contributed by atoms with Crippen molar-refractivity contribution in [2.45, 2.75) is 20.3 Å². The van der Waals surface area contributed by atoms with Crippen LogP contribution in [0.5, 0.6) is 0 Å². The molecule has 0 bridgehead atoms. The molecule has 0 saturated carbocycles. The van der Waals surface area contributed by atoms with E-state index in [1.807, 2.05) is 32.0 Å². The van der Waals surface area contributed by atoms with Gasteiger partial charge in [0.15, 0.2) is 0 Å². The van der Waals surface area contributed by atoms with E-state index in [0.29, 0.717) is 9.99 Å². The lowest BCUT2D eigenvalue weighted by molar-refractivity contribution is -0.116. The average Bonchev–Trinajstić information content (AvgIpc) is 2.80. The van der Waals surface area contributed by atoms with E-state index in [1.165, 1.54) is 18.2 Å².